The minimum absolute atomic E-state index is 0.0689. The molecule has 2 nitrogen and oxygen atoms in total. The van der Waals surface area contributed by atoms with Crippen LogP contribution >= 0.6 is 0 Å². The van der Waals surface area contributed by atoms with Crippen LogP contribution < -0.4 is 0 Å². The highest BCUT2D eigenvalue weighted by molar-refractivity contribution is 5.76. The second-order valence-corrected chi connectivity index (χ2v) is 4.24. The molecular weight excluding hydrogens is 164 g/mol. The fraction of sp³-hybridized carbons (Fsp3) is 0.909. The molecule has 0 saturated heterocycles. The molecule has 0 radical (unpaired) electrons. The van der Waals surface area contributed by atoms with Crippen LogP contribution in [0.2, 0.25) is 0 Å². The third-order valence-electron chi connectivity index (χ3n) is 3.47. The minimum Gasteiger partial charge on any atom is -0.466 e. The summed E-state index contributed by atoms with van der Waals surface area (Å²) in [5, 5.41) is 0. The highest BCUT2D eigenvalue weighted by Crippen LogP contribution is 2.54. The molecule has 0 unspecified atom stereocenters. The van der Waals surface area contributed by atoms with Crippen molar-refractivity contribution in [3.8, 4) is 0 Å². The molecule has 0 N–H and O–H groups in total. The second-order valence-electron chi connectivity index (χ2n) is 4.24. The van der Waals surface area contributed by atoms with Gasteiger partial charge in [0.1, 0.15) is 0 Å². The predicted molar refractivity (Wildman–Crippen MR) is 50.2 cm³/mol. The van der Waals surface area contributed by atoms with E-state index in [-0.39, 0.29) is 11.9 Å². The summed E-state index contributed by atoms with van der Waals surface area (Å²) in [6, 6.07) is 0. The van der Waals surface area contributed by atoms with Crippen molar-refractivity contribution in [3.63, 3.8) is 0 Å². The van der Waals surface area contributed by atoms with Crippen LogP contribution in [0.1, 0.15) is 39.0 Å². The zero-order valence-corrected chi connectivity index (χ0v) is 8.29. The third-order valence-corrected chi connectivity index (χ3v) is 3.47. The van der Waals surface area contributed by atoms with Crippen LogP contribution in [-0.2, 0) is 9.53 Å². The first kappa shape index (κ1) is 9.04. The Balaban J connectivity index is 1.87. The van der Waals surface area contributed by atoms with Gasteiger partial charge in [0.05, 0.1) is 12.5 Å². The van der Waals surface area contributed by atoms with Crippen molar-refractivity contribution < 1.29 is 9.53 Å². The molecule has 0 aromatic rings. The Morgan fingerprint density at radius 3 is 2.38 bits per heavy atom. The second kappa shape index (κ2) is 3.69. The van der Waals surface area contributed by atoms with Gasteiger partial charge in [0.25, 0.3) is 0 Å². The molecule has 0 aromatic carbocycles. The average molecular weight is 182 g/mol. The molecule has 0 amide bonds. The zero-order valence-electron chi connectivity index (χ0n) is 8.29. The van der Waals surface area contributed by atoms with Crippen molar-refractivity contribution in [2.75, 3.05) is 6.61 Å². The maximum absolute atomic E-state index is 11.5. The summed E-state index contributed by atoms with van der Waals surface area (Å²) in [6.45, 7) is 2.42. The number of carbonyl (C=O) groups is 1. The van der Waals surface area contributed by atoms with Gasteiger partial charge in [-0.3, -0.25) is 4.79 Å². The van der Waals surface area contributed by atoms with E-state index in [1.165, 1.54) is 32.1 Å². The van der Waals surface area contributed by atoms with Gasteiger partial charge in [-0.05, 0) is 31.6 Å². The topological polar surface area (TPSA) is 26.3 Å². The van der Waals surface area contributed by atoms with Crippen molar-refractivity contribution in [2.24, 2.45) is 17.8 Å². The van der Waals surface area contributed by atoms with Gasteiger partial charge in [-0.25, -0.2) is 0 Å². The van der Waals surface area contributed by atoms with Gasteiger partial charge in [0.15, 0.2) is 0 Å². The van der Waals surface area contributed by atoms with Crippen LogP contribution in [0, 0.1) is 17.8 Å². The van der Waals surface area contributed by atoms with E-state index in [1.54, 1.807) is 0 Å². The quantitative estimate of drug-likeness (QED) is 0.613. The van der Waals surface area contributed by atoms with Gasteiger partial charge in [-0.15, -0.1) is 0 Å². The maximum atomic E-state index is 11.5. The van der Waals surface area contributed by atoms with Crippen molar-refractivity contribution in [1.82, 2.24) is 0 Å². The van der Waals surface area contributed by atoms with Crippen LogP contribution in [0.25, 0.3) is 0 Å². The third kappa shape index (κ3) is 1.72. The summed E-state index contributed by atoms with van der Waals surface area (Å²) in [7, 11) is 0. The highest BCUT2D eigenvalue weighted by atomic mass is 16.5. The Labute approximate surface area is 79.7 Å². The Bertz CT molecular complexity index is 188. The van der Waals surface area contributed by atoms with E-state index < -0.39 is 0 Å². The lowest BCUT2D eigenvalue weighted by atomic mass is 10.1. The number of carbonyl (C=O) groups excluding carboxylic acids is 1. The van der Waals surface area contributed by atoms with Gasteiger partial charge in [-0.1, -0.05) is 19.3 Å². The van der Waals surface area contributed by atoms with Crippen LogP contribution in [0.5, 0.6) is 0 Å². The standard InChI is InChI=1S/C11H18O2/c1-2-13-11(12)10-8-6-4-3-5-7-9(8)10/h8-10H,2-7H2,1H3/t8-,9-/m1/s1. The molecule has 2 heteroatoms. The molecule has 2 aliphatic rings. The Hall–Kier alpha value is -0.530. The molecular formula is C11H18O2. The molecule has 0 bridgehead atoms. The monoisotopic (exact) mass is 182 g/mol. The SMILES string of the molecule is CCOC(=O)C1[C@@H]2CCCCC[C@@H]12. The summed E-state index contributed by atoms with van der Waals surface area (Å²) in [5.41, 5.74) is 0. The largest absolute Gasteiger partial charge is 0.466 e. The molecule has 2 atom stereocenters. The van der Waals surface area contributed by atoms with E-state index in [0.29, 0.717) is 18.4 Å². The molecule has 74 valence electrons. The maximum Gasteiger partial charge on any atom is 0.309 e. The summed E-state index contributed by atoms with van der Waals surface area (Å²) in [4.78, 5) is 11.5. The van der Waals surface area contributed by atoms with Gasteiger partial charge < -0.3 is 4.74 Å². The summed E-state index contributed by atoms with van der Waals surface area (Å²) in [5.74, 6) is 1.71. The predicted octanol–water partition coefficient (Wildman–Crippen LogP) is 2.38. The van der Waals surface area contributed by atoms with Crippen LogP contribution in [-0.4, -0.2) is 12.6 Å². The molecule has 0 heterocycles. The van der Waals surface area contributed by atoms with Gasteiger partial charge in [0.2, 0.25) is 0 Å². The first-order valence-corrected chi connectivity index (χ1v) is 5.51. The molecule has 2 fully saturated rings. The number of hydrogen-bond donors (Lipinski definition) is 0. The molecule has 0 aliphatic heterocycles. The van der Waals surface area contributed by atoms with E-state index >= 15 is 0 Å². The lowest BCUT2D eigenvalue weighted by Crippen LogP contribution is -2.09. The van der Waals surface area contributed by atoms with Crippen molar-refractivity contribution in [1.29, 1.82) is 0 Å². The summed E-state index contributed by atoms with van der Waals surface area (Å²) in [6.07, 6.45) is 6.51. The number of esters is 1. The highest BCUT2D eigenvalue weighted by Gasteiger charge is 2.54. The normalized spacial score (nSPS) is 37.5. The lowest BCUT2D eigenvalue weighted by Gasteiger charge is -2.02. The number of ether oxygens (including phenoxy) is 1. The molecule has 2 aliphatic carbocycles. The van der Waals surface area contributed by atoms with Crippen LogP contribution in [0.3, 0.4) is 0 Å². The fourth-order valence-corrected chi connectivity index (χ4v) is 2.76. The Morgan fingerprint density at radius 2 is 1.85 bits per heavy atom. The molecule has 2 saturated carbocycles. The van der Waals surface area contributed by atoms with Crippen LogP contribution in [0.15, 0.2) is 0 Å². The first-order valence-electron chi connectivity index (χ1n) is 5.51. The van der Waals surface area contributed by atoms with Gasteiger partial charge in [-0.2, -0.15) is 0 Å². The Morgan fingerprint density at radius 1 is 1.23 bits per heavy atom. The average Bonchev–Trinajstić information content (AvgIpc) is 2.77. The molecule has 13 heavy (non-hydrogen) atoms. The van der Waals surface area contributed by atoms with E-state index in [0.717, 1.165) is 0 Å². The summed E-state index contributed by atoms with van der Waals surface area (Å²) < 4.78 is 5.06. The zero-order chi connectivity index (χ0) is 9.26. The lowest BCUT2D eigenvalue weighted by molar-refractivity contribution is -0.145. The van der Waals surface area contributed by atoms with Crippen molar-refractivity contribution in [2.45, 2.75) is 39.0 Å². The molecule has 2 rings (SSSR count). The first-order chi connectivity index (χ1) is 6.34. The fourth-order valence-electron chi connectivity index (χ4n) is 2.76. The van der Waals surface area contributed by atoms with Gasteiger partial charge >= 0.3 is 5.97 Å². The van der Waals surface area contributed by atoms with E-state index in [4.69, 9.17) is 4.74 Å². The Kier molecular flexibility index (Phi) is 2.56. The smallest absolute Gasteiger partial charge is 0.309 e. The van der Waals surface area contributed by atoms with Crippen molar-refractivity contribution >= 4 is 5.97 Å². The van der Waals surface area contributed by atoms with E-state index in [2.05, 4.69) is 0 Å². The molecule has 0 spiro atoms. The molecule has 0 aromatic heterocycles. The van der Waals surface area contributed by atoms with E-state index in [9.17, 15) is 4.79 Å². The van der Waals surface area contributed by atoms with E-state index in [1.807, 2.05) is 6.92 Å². The number of fused-ring (bicyclic) bond motifs is 1. The summed E-state index contributed by atoms with van der Waals surface area (Å²) >= 11 is 0. The minimum atomic E-state index is 0.0689. The van der Waals surface area contributed by atoms with Gasteiger partial charge in [0, 0.05) is 0 Å². The number of hydrogen-bond acceptors (Lipinski definition) is 2. The number of rotatable bonds is 2. The van der Waals surface area contributed by atoms with Crippen LogP contribution in [0.4, 0.5) is 0 Å². The van der Waals surface area contributed by atoms with Crippen molar-refractivity contribution in [3.05, 3.63) is 0 Å².